The molecular weight excluding hydrogens is 192 g/mol. The fourth-order valence-electron chi connectivity index (χ4n) is 2.02. The van der Waals surface area contributed by atoms with Gasteiger partial charge in [-0.05, 0) is 32.1 Å². The first kappa shape index (κ1) is 12.2. The third-order valence-electron chi connectivity index (χ3n) is 2.87. The number of hydrogen-bond acceptors (Lipinski definition) is 3. The summed E-state index contributed by atoms with van der Waals surface area (Å²) < 4.78 is 5.06. The van der Waals surface area contributed by atoms with Gasteiger partial charge in [0.2, 0.25) is 0 Å². The predicted molar refractivity (Wildman–Crippen MR) is 57.4 cm³/mol. The molecule has 0 aromatic rings. The van der Waals surface area contributed by atoms with E-state index in [1.807, 2.05) is 0 Å². The second-order valence-electron chi connectivity index (χ2n) is 4.38. The maximum atomic E-state index is 11.3. The third-order valence-corrected chi connectivity index (χ3v) is 2.87. The van der Waals surface area contributed by atoms with Crippen LogP contribution in [0.4, 0.5) is 0 Å². The molecule has 0 bridgehead atoms. The molecule has 1 fully saturated rings. The molecular formula is C12H20O3. The fourth-order valence-corrected chi connectivity index (χ4v) is 2.02. The lowest BCUT2D eigenvalue weighted by Gasteiger charge is -2.08. The summed E-state index contributed by atoms with van der Waals surface area (Å²) in [6, 6.07) is 0. The van der Waals surface area contributed by atoms with Gasteiger partial charge >= 0.3 is 5.97 Å². The Labute approximate surface area is 91.2 Å². The van der Waals surface area contributed by atoms with Gasteiger partial charge in [0.15, 0.2) is 0 Å². The van der Waals surface area contributed by atoms with Gasteiger partial charge in [-0.1, -0.05) is 12.8 Å². The summed E-state index contributed by atoms with van der Waals surface area (Å²) in [6.07, 6.45) is 6.58. The first-order valence-corrected chi connectivity index (χ1v) is 5.83. The Hall–Kier alpha value is -0.860. The molecule has 86 valence electrons. The number of rotatable bonds is 6. The van der Waals surface area contributed by atoms with Crippen LogP contribution in [-0.4, -0.2) is 18.4 Å². The Balaban J connectivity index is 2.00. The zero-order valence-electron chi connectivity index (χ0n) is 9.46. The maximum Gasteiger partial charge on any atom is 0.306 e. The van der Waals surface area contributed by atoms with Crippen molar-refractivity contribution < 1.29 is 14.3 Å². The van der Waals surface area contributed by atoms with Gasteiger partial charge in [-0.15, -0.1) is 0 Å². The molecule has 1 saturated carbocycles. The molecule has 0 atom stereocenters. The van der Waals surface area contributed by atoms with Crippen LogP contribution in [0.1, 0.15) is 51.9 Å². The summed E-state index contributed by atoms with van der Waals surface area (Å²) in [5.74, 6) is 0.609. The highest BCUT2D eigenvalue weighted by atomic mass is 16.5. The monoisotopic (exact) mass is 212 g/mol. The minimum absolute atomic E-state index is 0.0922. The topological polar surface area (TPSA) is 43.4 Å². The lowest BCUT2D eigenvalue weighted by Crippen LogP contribution is -2.10. The molecule has 0 aromatic carbocycles. The van der Waals surface area contributed by atoms with E-state index in [0.717, 1.165) is 0 Å². The van der Waals surface area contributed by atoms with Crippen molar-refractivity contribution in [1.82, 2.24) is 0 Å². The highest BCUT2D eigenvalue weighted by Gasteiger charge is 2.18. The van der Waals surface area contributed by atoms with Crippen molar-refractivity contribution in [2.24, 2.45) is 5.92 Å². The molecule has 0 saturated heterocycles. The first-order chi connectivity index (χ1) is 7.18. The Bertz CT molecular complexity index is 217. The number of hydrogen-bond donors (Lipinski definition) is 0. The molecule has 0 aromatic heterocycles. The van der Waals surface area contributed by atoms with Crippen molar-refractivity contribution in [3.8, 4) is 0 Å². The maximum absolute atomic E-state index is 11.3. The quantitative estimate of drug-likeness (QED) is 0.502. The lowest BCUT2D eigenvalue weighted by atomic mass is 10.0. The molecule has 0 unspecified atom stereocenters. The summed E-state index contributed by atoms with van der Waals surface area (Å²) in [4.78, 5) is 22.0. The van der Waals surface area contributed by atoms with Crippen LogP contribution in [0.25, 0.3) is 0 Å². The Kier molecular flexibility index (Phi) is 5.37. The van der Waals surface area contributed by atoms with Gasteiger partial charge in [-0.2, -0.15) is 0 Å². The molecule has 3 nitrogen and oxygen atoms in total. The largest absolute Gasteiger partial charge is 0.466 e. The number of ketones is 1. The van der Waals surface area contributed by atoms with Gasteiger partial charge < -0.3 is 9.53 Å². The number of carbonyl (C=O) groups excluding carboxylic acids is 2. The van der Waals surface area contributed by atoms with Crippen molar-refractivity contribution in [3.63, 3.8) is 0 Å². The van der Waals surface area contributed by atoms with Crippen molar-refractivity contribution in [2.75, 3.05) is 6.61 Å². The summed E-state index contributed by atoms with van der Waals surface area (Å²) in [7, 11) is 0. The third kappa shape index (κ3) is 5.55. The smallest absolute Gasteiger partial charge is 0.306 e. The van der Waals surface area contributed by atoms with E-state index in [4.69, 9.17) is 4.74 Å². The van der Waals surface area contributed by atoms with Crippen molar-refractivity contribution >= 4 is 11.8 Å². The lowest BCUT2D eigenvalue weighted by molar-refractivity contribution is -0.145. The van der Waals surface area contributed by atoms with E-state index < -0.39 is 0 Å². The Morgan fingerprint density at radius 1 is 1.27 bits per heavy atom. The van der Waals surface area contributed by atoms with Crippen LogP contribution >= 0.6 is 0 Å². The van der Waals surface area contributed by atoms with Crippen LogP contribution in [0.15, 0.2) is 0 Å². The van der Waals surface area contributed by atoms with Crippen LogP contribution < -0.4 is 0 Å². The zero-order chi connectivity index (χ0) is 11.1. The van der Waals surface area contributed by atoms with E-state index in [9.17, 15) is 9.59 Å². The first-order valence-electron chi connectivity index (χ1n) is 5.83. The van der Waals surface area contributed by atoms with E-state index in [2.05, 4.69) is 0 Å². The average Bonchev–Trinajstić information content (AvgIpc) is 2.64. The number of ether oxygens (including phenoxy) is 1. The second kappa shape index (κ2) is 6.59. The highest BCUT2D eigenvalue weighted by Crippen LogP contribution is 2.27. The molecule has 3 heteroatoms. The van der Waals surface area contributed by atoms with Gasteiger partial charge in [0.05, 0.1) is 6.61 Å². The summed E-state index contributed by atoms with van der Waals surface area (Å²) in [5.41, 5.74) is 0. The Morgan fingerprint density at radius 2 is 1.93 bits per heavy atom. The fraction of sp³-hybridized carbons (Fsp3) is 0.833. The molecule has 0 radical (unpaired) electrons. The molecule has 1 aliphatic rings. The SMILES string of the molecule is CC(=O)CCCOC(=O)CC1CCCC1. The van der Waals surface area contributed by atoms with Gasteiger partial charge in [-0.25, -0.2) is 0 Å². The van der Waals surface area contributed by atoms with Crippen molar-refractivity contribution in [2.45, 2.75) is 51.9 Å². The molecule has 0 aliphatic heterocycles. The highest BCUT2D eigenvalue weighted by molar-refractivity contribution is 5.75. The molecule has 0 heterocycles. The van der Waals surface area contributed by atoms with Gasteiger partial charge in [-0.3, -0.25) is 4.79 Å². The number of carbonyl (C=O) groups is 2. The second-order valence-corrected chi connectivity index (χ2v) is 4.38. The molecule has 0 amide bonds. The minimum Gasteiger partial charge on any atom is -0.466 e. The molecule has 1 rings (SSSR count). The number of Topliss-reactive ketones (excluding diaryl/α,β-unsaturated/α-hetero) is 1. The van der Waals surface area contributed by atoms with E-state index in [1.165, 1.54) is 25.7 Å². The molecule has 15 heavy (non-hydrogen) atoms. The van der Waals surface area contributed by atoms with E-state index >= 15 is 0 Å². The minimum atomic E-state index is -0.0922. The predicted octanol–water partition coefficient (Wildman–Crippen LogP) is 2.48. The Morgan fingerprint density at radius 3 is 2.53 bits per heavy atom. The van der Waals surface area contributed by atoms with Crippen LogP contribution in [0, 0.1) is 5.92 Å². The van der Waals surface area contributed by atoms with E-state index in [-0.39, 0.29) is 11.8 Å². The van der Waals surface area contributed by atoms with Crippen molar-refractivity contribution in [3.05, 3.63) is 0 Å². The summed E-state index contributed by atoms with van der Waals surface area (Å²) >= 11 is 0. The van der Waals surface area contributed by atoms with Gasteiger partial charge in [0.1, 0.15) is 5.78 Å². The van der Waals surface area contributed by atoms with Crippen LogP contribution in [0.3, 0.4) is 0 Å². The normalized spacial score (nSPS) is 16.6. The van der Waals surface area contributed by atoms with Crippen LogP contribution in [0.5, 0.6) is 0 Å². The standard InChI is InChI=1S/C12H20O3/c1-10(13)5-4-8-15-12(14)9-11-6-2-3-7-11/h11H,2-9H2,1H3. The summed E-state index contributed by atoms with van der Waals surface area (Å²) in [5, 5.41) is 0. The van der Waals surface area contributed by atoms with Crippen molar-refractivity contribution in [1.29, 1.82) is 0 Å². The molecule has 1 aliphatic carbocycles. The number of esters is 1. The van der Waals surface area contributed by atoms with Crippen LogP contribution in [0.2, 0.25) is 0 Å². The molecule has 0 spiro atoms. The zero-order valence-corrected chi connectivity index (χ0v) is 9.46. The van der Waals surface area contributed by atoms with E-state index in [1.54, 1.807) is 6.92 Å². The van der Waals surface area contributed by atoms with Gasteiger partial charge in [0, 0.05) is 12.8 Å². The van der Waals surface area contributed by atoms with E-state index in [0.29, 0.717) is 31.8 Å². The molecule has 0 N–H and O–H groups in total. The summed E-state index contributed by atoms with van der Waals surface area (Å²) in [6.45, 7) is 1.95. The van der Waals surface area contributed by atoms with Crippen LogP contribution in [-0.2, 0) is 14.3 Å². The average molecular weight is 212 g/mol. The van der Waals surface area contributed by atoms with Gasteiger partial charge in [0.25, 0.3) is 0 Å².